The van der Waals surface area contributed by atoms with Gasteiger partial charge in [-0.15, -0.1) is 34.8 Å². The van der Waals surface area contributed by atoms with Crippen molar-refractivity contribution in [3.63, 3.8) is 0 Å². The third-order valence-electron chi connectivity index (χ3n) is 4.49. The van der Waals surface area contributed by atoms with Crippen LogP contribution in [-0.4, -0.2) is 16.1 Å². The Kier molecular flexibility index (Phi) is 35.0. The Bertz CT molecular complexity index is 232. The highest BCUT2D eigenvalue weighted by Crippen LogP contribution is 2.12. The molecule has 0 aromatic heterocycles. The molecule has 168 valence electrons. The van der Waals surface area contributed by atoms with Crippen molar-refractivity contribution in [1.29, 1.82) is 0 Å². The number of rotatable bonds is 15. The Morgan fingerprint density at radius 3 is 1.41 bits per heavy atom. The van der Waals surface area contributed by atoms with E-state index in [9.17, 15) is 0 Å². The monoisotopic (exact) mass is 444 g/mol. The van der Waals surface area contributed by atoms with Crippen molar-refractivity contribution in [2.24, 2.45) is 0 Å². The van der Waals surface area contributed by atoms with Crippen LogP contribution in [0.15, 0.2) is 0 Å². The summed E-state index contributed by atoms with van der Waals surface area (Å²) < 4.78 is 0. The molecule has 0 bridgehead atoms. The molecule has 0 aliphatic heterocycles. The predicted molar refractivity (Wildman–Crippen MR) is 132 cm³/mol. The first-order chi connectivity index (χ1) is 12.9. The Labute approximate surface area is 188 Å². The second-order valence-corrected chi connectivity index (χ2v) is 9.64. The molecule has 0 aliphatic rings. The van der Waals surface area contributed by atoms with Crippen LogP contribution < -0.4 is 0 Å². The van der Waals surface area contributed by atoms with Gasteiger partial charge < -0.3 is 0 Å². The van der Waals surface area contributed by atoms with Gasteiger partial charge in [0, 0.05) is 16.1 Å². The fourth-order valence-electron chi connectivity index (χ4n) is 2.56. The average molecular weight is 446 g/mol. The number of unbranched alkanes of at least 4 members (excludes halogenated alkanes) is 6. The summed E-state index contributed by atoms with van der Waals surface area (Å²) in [4.78, 5) is 0. The second kappa shape index (κ2) is 29.1. The van der Waals surface area contributed by atoms with E-state index in [-0.39, 0.29) is 0 Å². The zero-order chi connectivity index (χ0) is 21.3. The second-order valence-electron chi connectivity index (χ2n) is 7.66. The van der Waals surface area contributed by atoms with E-state index in [1.807, 2.05) is 0 Å². The Hall–Kier alpha value is 0.870. The van der Waals surface area contributed by atoms with Crippen molar-refractivity contribution in [3.8, 4) is 0 Å². The summed E-state index contributed by atoms with van der Waals surface area (Å²) in [6.07, 6.45) is 18.9. The van der Waals surface area contributed by atoms with Crippen molar-refractivity contribution in [2.45, 2.75) is 154 Å². The van der Waals surface area contributed by atoms with Crippen LogP contribution in [0.1, 0.15) is 138 Å². The van der Waals surface area contributed by atoms with Gasteiger partial charge in [0.25, 0.3) is 0 Å². The van der Waals surface area contributed by atoms with E-state index in [0.717, 1.165) is 6.42 Å². The molecule has 0 nitrogen and oxygen atoms in total. The van der Waals surface area contributed by atoms with E-state index in [1.54, 1.807) is 0 Å². The number of halogens is 3. The quantitative estimate of drug-likeness (QED) is 0.173. The fraction of sp³-hybridized carbons (Fsp3) is 1.00. The molecule has 0 fully saturated rings. The Balaban J connectivity index is -0.000000320. The normalized spacial score (nSPS) is 13.7. The molecule has 0 aromatic carbocycles. The molecule has 0 N–H and O–H groups in total. The Morgan fingerprint density at radius 2 is 0.963 bits per heavy atom. The highest BCUT2D eigenvalue weighted by Gasteiger charge is 2.00. The lowest BCUT2D eigenvalue weighted by atomic mass is 10.1. The minimum absolute atomic E-state index is 0.377. The van der Waals surface area contributed by atoms with Crippen LogP contribution in [0, 0.1) is 0 Å². The summed E-state index contributed by atoms with van der Waals surface area (Å²) in [6.45, 7) is 13.0. The molecule has 3 heteroatoms. The van der Waals surface area contributed by atoms with Gasteiger partial charge in [0.2, 0.25) is 0 Å². The van der Waals surface area contributed by atoms with E-state index in [2.05, 4.69) is 41.5 Å². The lowest BCUT2D eigenvalue weighted by Gasteiger charge is -2.04. The SMILES string of the molecule is CCCCC(Cl)CCC.CCCCCC(Cl)CC.CCCCCCC(C)Cl. The number of alkyl halides is 3. The maximum absolute atomic E-state index is 5.96. The number of hydrogen-bond acceptors (Lipinski definition) is 0. The van der Waals surface area contributed by atoms with E-state index >= 15 is 0 Å². The van der Waals surface area contributed by atoms with Gasteiger partial charge in [0.1, 0.15) is 0 Å². The highest BCUT2D eigenvalue weighted by molar-refractivity contribution is 6.20. The van der Waals surface area contributed by atoms with Gasteiger partial charge in [0.15, 0.2) is 0 Å². The minimum Gasteiger partial charge on any atom is -0.123 e. The molecular weight excluding hydrogens is 395 g/mol. The number of hydrogen-bond donors (Lipinski definition) is 0. The maximum Gasteiger partial charge on any atom is 0.0336 e. The third-order valence-corrected chi connectivity index (χ3v) is 5.67. The fourth-order valence-corrected chi connectivity index (χ4v) is 3.24. The van der Waals surface area contributed by atoms with Gasteiger partial charge in [-0.1, -0.05) is 98.8 Å². The van der Waals surface area contributed by atoms with Gasteiger partial charge in [-0.3, -0.25) is 0 Å². The predicted octanol–water partition coefficient (Wildman–Crippen LogP) is 10.8. The van der Waals surface area contributed by atoms with Crippen LogP contribution in [0.25, 0.3) is 0 Å². The van der Waals surface area contributed by atoms with E-state index in [4.69, 9.17) is 34.8 Å². The molecule has 0 amide bonds. The van der Waals surface area contributed by atoms with Crippen molar-refractivity contribution < 1.29 is 0 Å². The molecule has 0 saturated carbocycles. The highest BCUT2D eigenvalue weighted by atomic mass is 35.5. The topological polar surface area (TPSA) is 0 Å². The molecule has 0 aromatic rings. The Morgan fingerprint density at radius 1 is 0.481 bits per heavy atom. The van der Waals surface area contributed by atoms with Crippen LogP contribution in [0.3, 0.4) is 0 Å². The minimum atomic E-state index is 0.377. The average Bonchev–Trinajstić information content (AvgIpc) is 2.65. The van der Waals surface area contributed by atoms with E-state index < -0.39 is 0 Å². The van der Waals surface area contributed by atoms with E-state index in [0.29, 0.717) is 16.1 Å². The molecular formula is C24H51Cl3. The van der Waals surface area contributed by atoms with Gasteiger partial charge in [-0.05, 0) is 39.0 Å². The van der Waals surface area contributed by atoms with Gasteiger partial charge in [-0.2, -0.15) is 0 Å². The van der Waals surface area contributed by atoms with Crippen LogP contribution in [0.2, 0.25) is 0 Å². The summed E-state index contributed by atoms with van der Waals surface area (Å²) in [5.74, 6) is 0. The lowest BCUT2D eigenvalue weighted by Crippen LogP contribution is -1.96. The third kappa shape index (κ3) is 38.2. The molecule has 0 heterocycles. The van der Waals surface area contributed by atoms with Gasteiger partial charge in [0.05, 0.1) is 0 Å². The summed E-state index contributed by atoms with van der Waals surface area (Å²) in [7, 11) is 0. The van der Waals surface area contributed by atoms with Crippen LogP contribution >= 0.6 is 34.8 Å². The first-order valence-electron chi connectivity index (χ1n) is 11.8. The maximum atomic E-state index is 5.96. The van der Waals surface area contributed by atoms with E-state index in [1.165, 1.54) is 89.9 Å². The zero-order valence-corrected chi connectivity index (χ0v) is 21.7. The smallest absolute Gasteiger partial charge is 0.0336 e. The summed E-state index contributed by atoms with van der Waals surface area (Å²) in [5, 5.41) is 1.24. The molecule has 0 aliphatic carbocycles. The summed E-state index contributed by atoms with van der Waals surface area (Å²) in [5.41, 5.74) is 0. The molecule has 3 atom stereocenters. The van der Waals surface area contributed by atoms with Crippen molar-refractivity contribution in [2.75, 3.05) is 0 Å². The molecule has 3 unspecified atom stereocenters. The molecule has 0 radical (unpaired) electrons. The molecule has 0 rings (SSSR count). The van der Waals surface area contributed by atoms with Crippen molar-refractivity contribution in [3.05, 3.63) is 0 Å². The van der Waals surface area contributed by atoms with Crippen LogP contribution in [0.4, 0.5) is 0 Å². The zero-order valence-electron chi connectivity index (χ0n) is 19.5. The standard InChI is InChI=1S/3C8H17Cl/c1-3-4-5-6-7-8(2)9;1-3-5-6-7-8(9)4-2;1-3-5-7-8(9)6-4-2/h3*8H,3-7H2,1-2H3. The first kappa shape index (κ1) is 32.5. The lowest BCUT2D eigenvalue weighted by molar-refractivity contribution is 0.628. The van der Waals surface area contributed by atoms with Crippen molar-refractivity contribution >= 4 is 34.8 Å². The molecule has 27 heavy (non-hydrogen) atoms. The molecule has 0 saturated heterocycles. The van der Waals surface area contributed by atoms with Crippen LogP contribution in [-0.2, 0) is 0 Å². The van der Waals surface area contributed by atoms with Gasteiger partial charge in [-0.25, -0.2) is 0 Å². The van der Waals surface area contributed by atoms with Crippen LogP contribution in [0.5, 0.6) is 0 Å². The summed E-state index contributed by atoms with van der Waals surface area (Å²) >= 11 is 17.6. The van der Waals surface area contributed by atoms with Crippen molar-refractivity contribution in [1.82, 2.24) is 0 Å². The summed E-state index contributed by atoms with van der Waals surface area (Å²) in [6, 6.07) is 0. The van der Waals surface area contributed by atoms with Gasteiger partial charge >= 0.3 is 0 Å². The molecule has 0 spiro atoms. The first-order valence-corrected chi connectivity index (χ1v) is 13.1. The largest absolute Gasteiger partial charge is 0.123 e.